The first-order valence-corrected chi connectivity index (χ1v) is 10.3. The van der Waals surface area contributed by atoms with Crippen LogP contribution >= 0.6 is 22.7 Å². The maximum absolute atomic E-state index is 12.0. The van der Waals surface area contributed by atoms with Crippen molar-refractivity contribution in [3.63, 3.8) is 0 Å². The number of esters is 1. The first-order chi connectivity index (χ1) is 12.7. The van der Waals surface area contributed by atoms with Crippen molar-refractivity contribution in [2.45, 2.75) is 25.8 Å². The third-order valence-corrected chi connectivity index (χ3v) is 6.73. The Hall–Kier alpha value is -1.97. The highest BCUT2D eigenvalue weighted by Crippen LogP contribution is 2.42. The van der Waals surface area contributed by atoms with Gasteiger partial charge in [-0.25, -0.2) is 4.98 Å². The Morgan fingerprint density at radius 2 is 2.27 bits per heavy atom. The highest BCUT2D eigenvalue weighted by Gasteiger charge is 2.34. The lowest BCUT2D eigenvalue weighted by atomic mass is 9.95. The van der Waals surface area contributed by atoms with Crippen molar-refractivity contribution >= 4 is 33.6 Å². The second-order valence-electron chi connectivity index (χ2n) is 6.22. The fourth-order valence-corrected chi connectivity index (χ4v) is 5.47. The Kier molecular flexibility index (Phi) is 4.92. The van der Waals surface area contributed by atoms with Crippen LogP contribution in [0.3, 0.4) is 0 Å². The smallest absolute Gasteiger partial charge is 0.309 e. The quantitative estimate of drug-likeness (QED) is 0.673. The van der Waals surface area contributed by atoms with E-state index in [0.29, 0.717) is 11.6 Å². The molecule has 4 rings (SSSR count). The van der Waals surface area contributed by atoms with Gasteiger partial charge in [-0.05, 0) is 44.3 Å². The van der Waals surface area contributed by atoms with Gasteiger partial charge < -0.3 is 9.84 Å². The van der Waals surface area contributed by atoms with E-state index in [0.717, 1.165) is 30.8 Å². The molecule has 0 radical (unpaired) electrons. The molecule has 1 unspecified atom stereocenters. The van der Waals surface area contributed by atoms with Crippen molar-refractivity contribution in [3.8, 4) is 5.88 Å². The number of aromatic hydroxyl groups is 1. The van der Waals surface area contributed by atoms with Crippen LogP contribution in [0.25, 0.3) is 4.96 Å². The second kappa shape index (κ2) is 7.34. The molecule has 1 aliphatic rings. The average Bonchev–Trinajstić information content (AvgIpc) is 3.37. The van der Waals surface area contributed by atoms with E-state index >= 15 is 0 Å². The molecule has 1 N–H and O–H groups in total. The number of hydrogen-bond acceptors (Lipinski definition) is 8. The molecule has 26 heavy (non-hydrogen) atoms. The number of carbonyl (C=O) groups is 1. The minimum absolute atomic E-state index is 0.0360. The Morgan fingerprint density at radius 3 is 2.92 bits per heavy atom. The van der Waals surface area contributed by atoms with Gasteiger partial charge in [-0.15, -0.1) is 11.3 Å². The number of thiazole rings is 1. The van der Waals surface area contributed by atoms with E-state index in [-0.39, 0.29) is 23.8 Å². The number of carbonyl (C=O) groups excluding carboxylic acids is 1. The SMILES string of the molecule is CCOC(=O)C1CCN(C(c2cccs2)c2sc3ncnn3c2O)CC1. The average molecular weight is 393 g/mol. The molecule has 0 spiro atoms. The van der Waals surface area contributed by atoms with Crippen molar-refractivity contribution in [2.75, 3.05) is 19.7 Å². The molecular formula is C17H20N4O3S2. The number of ether oxygens (including phenoxy) is 1. The van der Waals surface area contributed by atoms with E-state index < -0.39 is 0 Å². The zero-order chi connectivity index (χ0) is 18.1. The highest BCUT2D eigenvalue weighted by molar-refractivity contribution is 7.17. The number of likely N-dealkylation sites (tertiary alicyclic amines) is 1. The molecule has 3 aromatic rings. The lowest BCUT2D eigenvalue weighted by Gasteiger charge is -2.36. The first kappa shape index (κ1) is 17.4. The molecule has 0 bridgehead atoms. The molecule has 1 atom stereocenters. The van der Waals surface area contributed by atoms with Crippen LogP contribution in [-0.2, 0) is 9.53 Å². The number of aromatic nitrogens is 3. The monoisotopic (exact) mass is 392 g/mol. The highest BCUT2D eigenvalue weighted by atomic mass is 32.1. The lowest BCUT2D eigenvalue weighted by Crippen LogP contribution is -2.39. The van der Waals surface area contributed by atoms with Crippen LogP contribution in [0.1, 0.15) is 35.6 Å². The molecule has 0 aliphatic carbocycles. The van der Waals surface area contributed by atoms with Crippen LogP contribution in [-0.4, -0.2) is 50.3 Å². The van der Waals surface area contributed by atoms with E-state index in [1.54, 1.807) is 11.3 Å². The maximum atomic E-state index is 12.0. The van der Waals surface area contributed by atoms with Crippen molar-refractivity contribution in [2.24, 2.45) is 5.92 Å². The summed E-state index contributed by atoms with van der Waals surface area (Å²) >= 11 is 3.13. The van der Waals surface area contributed by atoms with Gasteiger partial charge in [-0.2, -0.15) is 9.61 Å². The standard InChI is InChI=1S/C17H20N4O3S2/c1-2-24-16(23)11-5-7-20(8-6-11)13(12-4-3-9-25-12)14-15(22)21-17(26-14)18-10-19-21/h3-4,9-11,13,22H,2,5-8H2,1H3. The molecule has 9 heteroatoms. The van der Waals surface area contributed by atoms with Gasteiger partial charge in [0.05, 0.1) is 23.4 Å². The Morgan fingerprint density at radius 1 is 1.46 bits per heavy atom. The van der Waals surface area contributed by atoms with Gasteiger partial charge in [-0.3, -0.25) is 9.69 Å². The minimum atomic E-state index is -0.0959. The van der Waals surface area contributed by atoms with Crippen molar-refractivity contribution in [3.05, 3.63) is 33.6 Å². The predicted molar refractivity (Wildman–Crippen MR) is 99.6 cm³/mol. The molecule has 0 saturated carbocycles. The summed E-state index contributed by atoms with van der Waals surface area (Å²) in [5.41, 5.74) is 0. The fourth-order valence-electron chi connectivity index (χ4n) is 3.45. The van der Waals surface area contributed by atoms with Crippen LogP contribution in [0.4, 0.5) is 0 Å². The van der Waals surface area contributed by atoms with Crippen LogP contribution in [0.5, 0.6) is 5.88 Å². The summed E-state index contributed by atoms with van der Waals surface area (Å²) in [4.78, 5) is 21.2. The van der Waals surface area contributed by atoms with E-state index in [1.165, 1.54) is 27.1 Å². The van der Waals surface area contributed by atoms with E-state index in [9.17, 15) is 9.90 Å². The van der Waals surface area contributed by atoms with Gasteiger partial charge in [-0.1, -0.05) is 17.4 Å². The van der Waals surface area contributed by atoms with Gasteiger partial charge in [0.15, 0.2) is 0 Å². The molecular weight excluding hydrogens is 372 g/mol. The van der Waals surface area contributed by atoms with Crippen LogP contribution in [0.2, 0.25) is 0 Å². The van der Waals surface area contributed by atoms with Crippen LogP contribution in [0, 0.1) is 5.92 Å². The Balaban J connectivity index is 1.60. The van der Waals surface area contributed by atoms with Crippen LogP contribution < -0.4 is 0 Å². The number of nitrogens with zero attached hydrogens (tertiary/aromatic N) is 4. The van der Waals surface area contributed by atoms with Gasteiger partial charge >= 0.3 is 5.97 Å². The number of thiophene rings is 1. The fraction of sp³-hybridized carbons (Fsp3) is 0.471. The maximum Gasteiger partial charge on any atom is 0.309 e. The summed E-state index contributed by atoms with van der Waals surface area (Å²) in [7, 11) is 0. The molecule has 0 amide bonds. The molecule has 1 aliphatic heterocycles. The molecule has 1 saturated heterocycles. The summed E-state index contributed by atoms with van der Waals surface area (Å²) in [6.07, 6.45) is 2.98. The van der Waals surface area contributed by atoms with Gasteiger partial charge in [0, 0.05) is 4.88 Å². The number of fused-ring (bicyclic) bond motifs is 1. The molecule has 0 aromatic carbocycles. The summed E-state index contributed by atoms with van der Waals surface area (Å²) in [6.45, 7) is 3.81. The second-order valence-corrected chi connectivity index (χ2v) is 8.21. The molecule has 1 fully saturated rings. The first-order valence-electron chi connectivity index (χ1n) is 8.64. The number of hydrogen-bond donors (Lipinski definition) is 1. The van der Waals surface area contributed by atoms with Gasteiger partial charge in [0.25, 0.3) is 0 Å². The largest absolute Gasteiger partial charge is 0.492 e. The molecule has 4 heterocycles. The zero-order valence-electron chi connectivity index (χ0n) is 14.4. The van der Waals surface area contributed by atoms with Crippen molar-refractivity contribution in [1.29, 1.82) is 0 Å². The van der Waals surface area contributed by atoms with Crippen LogP contribution in [0.15, 0.2) is 23.8 Å². The number of piperidine rings is 1. The van der Waals surface area contributed by atoms with Crippen molar-refractivity contribution < 1.29 is 14.6 Å². The summed E-state index contributed by atoms with van der Waals surface area (Å²) in [6, 6.07) is 4.06. The lowest BCUT2D eigenvalue weighted by molar-refractivity contribution is -0.149. The molecule has 7 nitrogen and oxygen atoms in total. The number of rotatable bonds is 5. The Bertz CT molecular complexity index is 881. The Labute approximate surface area is 158 Å². The summed E-state index contributed by atoms with van der Waals surface area (Å²) < 4.78 is 6.65. The van der Waals surface area contributed by atoms with E-state index in [1.807, 2.05) is 18.4 Å². The predicted octanol–water partition coefficient (Wildman–Crippen LogP) is 2.92. The van der Waals surface area contributed by atoms with Crippen molar-refractivity contribution in [1.82, 2.24) is 19.5 Å². The summed E-state index contributed by atoms with van der Waals surface area (Å²) in [5.74, 6) is 0.0148. The summed E-state index contributed by atoms with van der Waals surface area (Å²) in [5, 5.41) is 16.8. The topological polar surface area (TPSA) is 80.0 Å². The zero-order valence-corrected chi connectivity index (χ0v) is 16.0. The third kappa shape index (κ3) is 3.10. The molecule has 3 aromatic heterocycles. The molecule has 138 valence electrons. The third-order valence-electron chi connectivity index (χ3n) is 4.71. The van der Waals surface area contributed by atoms with E-state index in [2.05, 4.69) is 21.0 Å². The van der Waals surface area contributed by atoms with E-state index in [4.69, 9.17) is 4.74 Å². The normalized spacial score (nSPS) is 17.6. The van der Waals surface area contributed by atoms with Gasteiger partial charge in [0.2, 0.25) is 10.8 Å². The van der Waals surface area contributed by atoms with Gasteiger partial charge in [0.1, 0.15) is 6.33 Å². The minimum Gasteiger partial charge on any atom is -0.492 e.